The molecular formula is C18H13F4N5O2. The van der Waals surface area contributed by atoms with Gasteiger partial charge in [-0.2, -0.15) is 23.3 Å². The highest BCUT2D eigenvalue weighted by Crippen LogP contribution is 2.30. The fraction of sp³-hybridized carbons (Fsp3) is 0.222. The third-order valence-corrected chi connectivity index (χ3v) is 4.34. The Kier molecular flexibility index (Phi) is 4.65. The van der Waals surface area contributed by atoms with E-state index in [9.17, 15) is 22.7 Å². The number of hydrogen-bond acceptors (Lipinski definition) is 5. The molecule has 1 aromatic carbocycles. The summed E-state index contributed by atoms with van der Waals surface area (Å²) in [6.45, 7) is -0.670. The van der Waals surface area contributed by atoms with Gasteiger partial charge in [-0.3, -0.25) is 9.67 Å². The van der Waals surface area contributed by atoms with Crippen molar-refractivity contribution in [1.29, 1.82) is 0 Å². The summed E-state index contributed by atoms with van der Waals surface area (Å²) >= 11 is 0. The number of hydrogen-bond donors (Lipinski definition) is 1. The van der Waals surface area contributed by atoms with E-state index in [-0.39, 0.29) is 18.1 Å². The Balaban J connectivity index is 1.71. The predicted molar refractivity (Wildman–Crippen MR) is 94.2 cm³/mol. The molecule has 3 aromatic rings. The number of benzene rings is 1. The first-order chi connectivity index (χ1) is 13.8. The second-order valence-electron chi connectivity index (χ2n) is 6.28. The molecule has 150 valence electrons. The zero-order valence-electron chi connectivity index (χ0n) is 14.6. The summed E-state index contributed by atoms with van der Waals surface area (Å²) in [6, 6.07) is 9.16. The van der Waals surface area contributed by atoms with E-state index >= 15 is 0 Å². The van der Waals surface area contributed by atoms with E-state index in [4.69, 9.17) is 4.52 Å². The van der Waals surface area contributed by atoms with Gasteiger partial charge >= 0.3 is 6.18 Å². The highest BCUT2D eigenvalue weighted by Gasteiger charge is 2.45. The molecule has 0 fully saturated rings. The van der Waals surface area contributed by atoms with Crippen LogP contribution in [0.4, 0.5) is 17.6 Å². The number of aliphatic hydroxyl groups is 1. The van der Waals surface area contributed by atoms with Crippen molar-refractivity contribution in [3.63, 3.8) is 0 Å². The molecule has 11 heteroatoms. The lowest BCUT2D eigenvalue weighted by atomic mass is 10.1. The minimum absolute atomic E-state index is 0.0308. The Hall–Kier alpha value is -3.50. The van der Waals surface area contributed by atoms with Crippen molar-refractivity contribution < 1.29 is 27.2 Å². The maximum Gasteiger partial charge on any atom is 0.402 e. The molecule has 29 heavy (non-hydrogen) atoms. The van der Waals surface area contributed by atoms with Gasteiger partial charge in [0.05, 0.1) is 18.8 Å². The number of rotatable bonds is 4. The van der Waals surface area contributed by atoms with Crippen molar-refractivity contribution >= 4 is 11.7 Å². The van der Waals surface area contributed by atoms with Gasteiger partial charge in [-0.25, -0.2) is 4.39 Å². The molecule has 1 aliphatic heterocycles. The molecule has 1 N–H and O–H groups in total. The van der Waals surface area contributed by atoms with Crippen LogP contribution in [0.5, 0.6) is 0 Å². The number of aliphatic imine (C=N–C) groups is 2. The van der Waals surface area contributed by atoms with Gasteiger partial charge in [0.25, 0.3) is 0 Å². The van der Waals surface area contributed by atoms with Gasteiger partial charge in [0.1, 0.15) is 29.4 Å². The van der Waals surface area contributed by atoms with Crippen LogP contribution in [0.3, 0.4) is 0 Å². The van der Waals surface area contributed by atoms with Crippen LogP contribution in [-0.4, -0.2) is 44.5 Å². The van der Waals surface area contributed by atoms with E-state index < -0.39 is 30.4 Å². The molecule has 4 rings (SSSR count). The Bertz CT molecular complexity index is 1090. The van der Waals surface area contributed by atoms with Crippen molar-refractivity contribution in [2.45, 2.75) is 12.7 Å². The van der Waals surface area contributed by atoms with Gasteiger partial charge in [0.15, 0.2) is 5.84 Å². The predicted octanol–water partition coefficient (Wildman–Crippen LogP) is 3.62. The lowest BCUT2D eigenvalue weighted by molar-refractivity contribution is -0.155. The van der Waals surface area contributed by atoms with Crippen LogP contribution >= 0.6 is 0 Å². The topological polar surface area (TPSA) is 88.8 Å². The molecule has 0 saturated carbocycles. The van der Waals surface area contributed by atoms with E-state index in [1.54, 1.807) is 24.3 Å². The Labute approximate surface area is 161 Å². The Morgan fingerprint density at radius 3 is 2.62 bits per heavy atom. The summed E-state index contributed by atoms with van der Waals surface area (Å²) in [5.74, 6) is -3.81. The van der Waals surface area contributed by atoms with Crippen LogP contribution in [0.15, 0.2) is 57.2 Å². The third kappa shape index (κ3) is 3.75. The standard InChI is InChI=1S/C18H13F4N5O2/c19-12-4-2-1-3-10(12)9-27-15(13-5-6-29-26-13)7-14(25-27)16-23-8-11(17(28)24-16)18(20,21)22/h1-7,11H,8-9H2,(H,23,24,28). The number of aromatic nitrogens is 3. The lowest BCUT2D eigenvalue weighted by Crippen LogP contribution is -2.36. The van der Waals surface area contributed by atoms with Crippen molar-refractivity contribution in [3.05, 3.63) is 59.7 Å². The molecule has 3 heterocycles. The summed E-state index contributed by atoms with van der Waals surface area (Å²) in [6.07, 6.45) is -3.32. The van der Waals surface area contributed by atoms with E-state index in [1.807, 2.05) is 0 Å². The first-order valence-corrected chi connectivity index (χ1v) is 8.44. The molecule has 0 amide bonds. The first kappa shape index (κ1) is 18.8. The monoisotopic (exact) mass is 407 g/mol. The minimum Gasteiger partial charge on any atom is -0.496 e. The summed E-state index contributed by atoms with van der Waals surface area (Å²) in [5.41, 5.74) is 1.28. The molecule has 1 aliphatic rings. The van der Waals surface area contributed by atoms with E-state index in [0.717, 1.165) is 0 Å². The lowest BCUT2D eigenvalue weighted by Gasteiger charge is -2.19. The summed E-state index contributed by atoms with van der Waals surface area (Å²) < 4.78 is 58.9. The molecule has 0 radical (unpaired) electrons. The molecular weight excluding hydrogens is 394 g/mol. The average Bonchev–Trinajstić information content (AvgIpc) is 3.32. The Morgan fingerprint density at radius 2 is 1.97 bits per heavy atom. The van der Waals surface area contributed by atoms with Crippen LogP contribution in [-0.2, 0) is 6.54 Å². The van der Waals surface area contributed by atoms with Gasteiger partial charge in [-0.1, -0.05) is 23.4 Å². The van der Waals surface area contributed by atoms with E-state index in [1.165, 1.54) is 23.1 Å². The Morgan fingerprint density at radius 1 is 1.17 bits per heavy atom. The van der Waals surface area contributed by atoms with Crippen LogP contribution in [0.1, 0.15) is 11.3 Å². The molecule has 0 aliphatic carbocycles. The van der Waals surface area contributed by atoms with Crippen LogP contribution in [0.2, 0.25) is 0 Å². The summed E-state index contributed by atoms with van der Waals surface area (Å²) in [4.78, 5) is 7.38. The van der Waals surface area contributed by atoms with Crippen LogP contribution in [0, 0.1) is 11.7 Å². The van der Waals surface area contributed by atoms with Crippen molar-refractivity contribution in [3.8, 4) is 11.4 Å². The van der Waals surface area contributed by atoms with E-state index in [2.05, 4.69) is 20.2 Å². The normalized spacial score (nSPS) is 17.2. The van der Waals surface area contributed by atoms with Crippen molar-refractivity contribution in [2.24, 2.45) is 15.9 Å². The summed E-state index contributed by atoms with van der Waals surface area (Å²) in [7, 11) is 0. The van der Waals surface area contributed by atoms with Gasteiger partial charge in [-0.15, -0.1) is 0 Å². The SMILES string of the molecule is OC1=NC(c2cc(-c3ccon3)n(Cc3ccccc3F)n2)=NCC1C(F)(F)F. The molecule has 0 spiro atoms. The van der Waals surface area contributed by atoms with Crippen LogP contribution < -0.4 is 0 Å². The maximum absolute atomic E-state index is 14.1. The second kappa shape index (κ2) is 7.15. The number of amidine groups is 1. The zero-order valence-corrected chi connectivity index (χ0v) is 14.6. The van der Waals surface area contributed by atoms with Crippen LogP contribution in [0.25, 0.3) is 11.4 Å². The van der Waals surface area contributed by atoms with Gasteiger partial charge in [-0.05, 0) is 12.1 Å². The highest BCUT2D eigenvalue weighted by atomic mass is 19.4. The zero-order chi connectivity index (χ0) is 20.6. The van der Waals surface area contributed by atoms with Gasteiger partial charge in [0.2, 0.25) is 5.90 Å². The third-order valence-electron chi connectivity index (χ3n) is 4.34. The highest BCUT2D eigenvalue weighted by molar-refractivity contribution is 6.06. The van der Waals surface area contributed by atoms with Gasteiger partial charge in [0, 0.05) is 11.6 Å². The first-order valence-electron chi connectivity index (χ1n) is 8.44. The second-order valence-corrected chi connectivity index (χ2v) is 6.28. The molecule has 0 bridgehead atoms. The number of aliphatic hydroxyl groups excluding tert-OH is 1. The molecule has 0 saturated heterocycles. The number of nitrogens with zero attached hydrogens (tertiary/aromatic N) is 5. The molecule has 7 nitrogen and oxygen atoms in total. The fourth-order valence-electron chi connectivity index (χ4n) is 2.85. The minimum atomic E-state index is -4.65. The molecule has 2 aromatic heterocycles. The molecule has 1 atom stereocenters. The quantitative estimate of drug-likeness (QED) is 0.669. The van der Waals surface area contributed by atoms with Crippen molar-refractivity contribution in [1.82, 2.24) is 14.9 Å². The van der Waals surface area contributed by atoms with Crippen molar-refractivity contribution in [2.75, 3.05) is 6.54 Å². The average molecular weight is 407 g/mol. The molecule has 1 unspecified atom stereocenters. The summed E-state index contributed by atoms with van der Waals surface area (Å²) in [5, 5.41) is 17.8. The smallest absolute Gasteiger partial charge is 0.402 e. The largest absolute Gasteiger partial charge is 0.496 e. The van der Waals surface area contributed by atoms with E-state index in [0.29, 0.717) is 17.0 Å². The number of alkyl halides is 3. The van der Waals surface area contributed by atoms with Gasteiger partial charge < -0.3 is 9.63 Å². The number of halogens is 4. The maximum atomic E-state index is 14.1. The fourth-order valence-corrected chi connectivity index (χ4v) is 2.85.